The van der Waals surface area contributed by atoms with E-state index >= 15 is 0 Å². The van der Waals surface area contributed by atoms with E-state index in [0.29, 0.717) is 28.2 Å². The molecule has 5 heteroatoms. The minimum absolute atomic E-state index is 0.0441. The van der Waals surface area contributed by atoms with Gasteiger partial charge in [-0.15, -0.1) is 0 Å². The fourth-order valence-electron chi connectivity index (χ4n) is 4.63. The number of carbonyl (C=O) groups is 1. The fraction of sp³-hybridized carbons (Fsp3) is 0.208. The Morgan fingerprint density at radius 3 is 1.97 bits per heavy atom. The summed E-state index contributed by atoms with van der Waals surface area (Å²) in [5.41, 5.74) is 3.60. The lowest BCUT2D eigenvalue weighted by molar-refractivity contribution is 0.0223. The van der Waals surface area contributed by atoms with Crippen LogP contribution in [0.3, 0.4) is 0 Å². The number of fused-ring (bicyclic) bond motifs is 6. The van der Waals surface area contributed by atoms with Gasteiger partial charge in [-0.2, -0.15) is 0 Å². The van der Waals surface area contributed by atoms with Gasteiger partial charge in [-0.05, 0) is 48.2 Å². The average molecular weight is 388 g/mol. The number of ether oxygens (including phenoxy) is 2. The van der Waals surface area contributed by atoms with Crippen LogP contribution in [0.25, 0.3) is 0 Å². The summed E-state index contributed by atoms with van der Waals surface area (Å²) in [5, 5.41) is 20.0. The second kappa shape index (κ2) is 6.01. The maximum absolute atomic E-state index is 13.2. The number of esters is 1. The van der Waals surface area contributed by atoms with Gasteiger partial charge >= 0.3 is 5.97 Å². The van der Waals surface area contributed by atoms with Crippen molar-refractivity contribution in [1.29, 1.82) is 0 Å². The van der Waals surface area contributed by atoms with Crippen LogP contribution in [0.4, 0.5) is 0 Å². The first-order chi connectivity index (χ1) is 14.0. The van der Waals surface area contributed by atoms with Crippen LogP contribution in [-0.4, -0.2) is 16.2 Å². The quantitative estimate of drug-likeness (QED) is 0.617. The molecule has 0 bridgehead atoms. The minimum atomic E-state index is -1.19. The normalized spacial score (nSPS) is 15.3. The molecule has 2 heterocycles. The summed E-state index contributed by atoms with van der Waals surface area (Å²) >= 11 is 0. The Morgan fingerprint density at radius 2 is 1.41 bits per heavy atom. The third-order valence-electron chi connectivity index (χ3n) is 5.88. The molecule has 0 saturated carbocycles. The molecule has 0 saturated heterocycles. The van der Waals surface area contributed by atoms with Crippen molar-refractivity contribution in [3.8, 4) is 23.0 Å². The minimum Gasteiger partial charge on any atom is -0.508 e. The highest BCUT2D eigenvalue weighted by molar-refractivity contribution is 5.99. The summed E-state index contributed by atoms with van der Waals surface area (Å²) in [6, 6.07) is 13.6. The summed E-state index contributed by atoms with van der Waals surface area (Å²) in [4.78, 5) is 13.2. The van der Waals surface area contributed by atoms with Crippen molar-refractivity contribution in [2.24, 2.45) is 0 Å². The third-order valence-corrected chi connectivity index (χ3v) is 5.88. The van der Waals surface area contributed by atoms with E-state index in [0.717, 1.165) is 29.5 Å². The Balaban J connectivity index is 1.90. The van der Waals surface area contributed by atoms with Gasteiger partial charge in [0.05, 0.1) is 5.56 Å². The molecule has 0 amide bonds. The molecule has 0 radical (unpaired) electrons. The van der Waals surface area contributed by atoms with Gasteiger partial charge in [-0.1, -0.05) is 26.0 Å². The molecule has 3 aromatic rings. The standard InChI is InChI=1S/C24H20O5/c1-3-13-5-8-19-22(16(13)4-2)23(27)29-24(19)17-9-6-14(25)11-20(17)28-21-12-15(26)7-10-18(21)24/h5-12,25-26H,3-4H2,1-2H3. The zero-order chi connectivity index (χ0) is 20.3. The van der Waals surface area contributed by atoms with Crippen LogP contribution in [0.1, 0.15) is 52.0 Å². The van der Waals surface area contributed by atoms with E-state index in [2.05, 4.69) is 13.0 Å². The number of phenols is 2. The Labute approximate surface area is 168 Å². The van der Waals surface area contributed by atoms with Crippen molar-refractivity contribution in [3.05, 3.63) is 81.9 Å². The van der Waals surface area contributed by atoms with Gasteiger partial charge in [0.25, 0.3) is 0 Å². The Hall–Kier alpha value is -3.47. The van der Waals surface area contributed by atoms with Crippen molar-refractivity contribution in [2.45, 2.75) is 32.3 Å². The predicted molar refractivity (Wildman–Crippen MR) is 107 cm³/mol. The van der Waals surface area contributed by atoms with E-state index in [4.69, 9.17) is 9.47 Å². The Bertz CT molecular complexity index is 1130. The van der Waals surface area contributed by atoms with E-state index in [9.17, 15) is 15.0 Å². The molecule has 0 fully saturated rings. The molecule has 29 heavy (non-hydrogen) atoms. The molecule has 5 rings (SSSR count). The molecule has 0 unspecified atom stereocenters. The summed E-state index contributed by atoms with van der Waals surface area (Å²) in [6.07, 6.45) is 1.55. The van der Waals surface area contributed by atoms with Crippen LogP contribution in [0.5, 0.6) is 23.0 Å². The number of benzene rings is 3. The number of hydrogen-bond donors (Lipinski definition) is 2. The monoisotopic (exact) mass is 388 g/mol. The Kier molecular flexibility index (Phi) is 3.65. The SMILES string of the molecule is CCc1ccc2c(c1CC)C(=O)OC21c2ccc(O)cc2Oc2cc(O)ccc21. The van der Waals surface area contributed by atoms with Gasteiger partial charge in [0.1, 0.15) is 23.0 Å². The summed E-state index contributed by atoms with van der Waals surface area (Å²) < 4.78 is 12.1. The molecule has 5 nitrogen and oxygen atoms in total. The van der Waals surface area contributed by atoms with E-state index < -0.39 is 5.60 Å². The molecule has 2 aliphatic rings. The molecule has 1 spiro atoms. The zero-order valence-corrected chi connectivity index (χ0v) is 16.2. The average Bonchev–Trinajstić information content (AvgIpc) is 3.00. The van der Waals surface area contributed by atoms with Gasteiger partial charge in [-0.25, -0.2) is 4.79 Å². The highest BCUT2D eigenvalue weighted by Crippen LogP contribution is 2.57. The maximum atomic E-state index is 13.2. The van der Waals surface area contributed by atoms with Crippen molar-refractivity contribution in [2.75, 3.05) is 0 Å². The molecule has 3 aromatic carbocycles. The molecule has 2 N–H and O–H groups in total. The van der Waals surface area contributed by atoms with E-state index in [-0.39, 0.29) is 17.5 Å². The van der Waals surface area contributed by atoms with Crippen molar-refractivity contribution < 1.29 is 24.5 Å². The molecule has 0 aromatic heterocycles. The van der Waals surface area contributed by atoms with Crippen molar-refractivity contribution >= 4 is 5.97 Å². The van der Waals surface area contributed by atoms with Crippen LogP contribution in [0.2, 0.25) is 0 Å². The second-order valence-electron chi connectivity index (χ2n) is 7.37. The fourth-order valence-corrected chi connectivity index (χ4v) is 4.63. The summed E-state index contributed by atoms with van der Waals surface area (Å²) in [7, 11) is 0. The number of rotatable bonds is 2. The van der Waals surface area contributed by atoms with Gasteiger partial charge < -0.3 is 19.7 Å². The zero-order valence-electron chi connectivity index (χ0n) is 16.2. The number of aromatic hydroxyl groups is 2. The van der Waals surface area contributed by atoms with E-state index in [1.807, 2.05) is 13.0 Å². The van der Waals surface area contributed by atoms with Crippen molar-refractivity contribution in [1.82, 2.24) is 0 Å². The van der Waals surface area contributed by atoms with Crippen LogP contribution in [0.15, 0.2) is 48.5 Å². The molecular formula is C24H20O5. The lowest BCUT2D eigenvalue weighted by Gasteiger charge is -2.36. The maximum Gasteiger partial charge on any atom is 0.340 e. The van der Waals surface area contributed by atoms with E-state index in [1.165, 1.54) is 12.1 Å². The van der Waals surface area contributed by atoms with Crippen molar-refractivity contribution in [3.63, 3.8) is 0 Å². The Morgan fingerprint density at radius 1 is 0.828 bits per heavy atom. The molecule has 146 valence electrons. The predicted octanol–water partition coefficient (Wildman–Crippen LogP) is 4.79. The highest BCUT2D eigenvalue weighted by atomic mass is 16.6. The topological polar surface area (TPSA) is 76.0 Å². The first kappa shape index (κ1) is 17.6. The van der Waals surface area contributed by atoms with Crippen LogP contribution >= 0.6 is 0 Å². The first-order valence-electron chi connectivity index (χ1n) is 9.73. The highest BCUT2D eigenvalue weighted by Gasteiger charge is 2.54. The number of carbonyl (C=O) groups excluding carboxylic acids is 1. The van der Waals surface area contributed by atoms with Crippen LogP contribution in [0, 0.1) is 0 Å². The first-order valence-corrected chi connectivity index (χ1v) is 9.73. The smallest absolute Gasteiger partial charge is 0.340 e. The van der Waals surface area contributed by atoms with Gasteiger partial charge in [0.15, 0.2) is 5.60 Å². The van der Waals surface area contributed by atoms with Gasteiger partial charge in [0.2, 0.25) is 0 Å². The number of hydrogen-bond acceptors (Lipinski definition) is 5. The lowest BCUT2D eigenvalue weighted by Crippen LogP contribution is -2.32. The van der Waals surface area contributed by atoms with Crippen LogP contribution in [-0.2, 0) is 23.2 Å². The number of aryl methyl sites for hydroxylation is 1. The molecule has 2 aliphatic heterocycles. The summed E-state index contributed by atoms with van der Waals surface area (Å²) in [5.74, 6) is 0.500. The molecule has 0 atom stereocenters. The second-order valence-corrected chi connectivity index (χ2v) is 7.37. The largest absolute Gasteiger partial charge is 0.508 e. The summed E-state index contributed by atoms with van der Waals surface area (Å²) in [6.45, 7) is 4.11. The molecular weight excluding hydrogens is 368 g/mol. The lowest BCUT2D eigenvalue weighted by atomic mass is 9.76. The molecule has 0 aliphatic carbocycles. The van der Waals surface area contributed by atoms with Gasteiger partial charge in [0, 0.05) is 28.8 Å². The number of phenolic OH excluding ortho intramolecular Hbond substituents is 2. The van der Waals surface area contributed by atoms with Crippen LogP contribution < -0.4 is 4.74 Å². The van der Waals surface area contributed by atoms with Gasteiger partial charge in [-0.3, -0.25) is 0 Å². The third kappa shape index (κ3) is 2.24. The van der Waals surface area contributed by atoms with E-state index in [1.54, 1.807) is 24.3 Å².